The van der Waals surface area contributed by atoms with Gasteiger partial charge in [0.05, 0.1) is 24.3 Å². The molecule has 0 amide bonds. The second-order valence-corrected chi connectivity index (χ2v) is 5.87. The van der Waals surface area contributed by atoms with Gasteiger partial charge in [0.1, 0.15) is 17.4 Å². The SMILES string of the molecule is CN=C(NCCOc1ncc(C(F)(F)F)cc1Cl)NCc1nc(C)c(C)o1. The number of hydrogen-bond donors (Lipinski definition) is 2. The van der Waals surface area contributed by atoms with E-state index in [9.17, 15) is 13.2 Å². The van der Waals surface area contributed by atoms with Crippen molar-refractivity contribution >= 4 is 17.6 Å². The summed E-state index contributed by atoms with van der Waals surface area (Å²) in [4.78, 5) is 11.9. The maximum absolute atomic E-state index is 12.6. The van der Waals surface area contributed by atoms with E-state index in [2.05, 4.69) is 25.6 Å². The molecule has 0 fully saturated rings. The molecule has 2 aromatic rings. The number of aromatic nitrogens is 2. The van der Waals surface area contributed by atoms with Crippen LogP contribution in [0.15, 0.2) is 21.7 Å². The van der Waals surface area contributed by atoms with Gasteiger partial charge in [-0.1, -0.05) is 11.6 Å². The summed E-state index contributed by atoms with van der Waals surface area (Å²) >= 11 is 5.78. The molecule has 0 aliphatic heterocycles. The number of hydrogen-bond acceptors (Lipinski definition) is 5. The quantitative estimate of drug-likeness (QED) is 0.436. The average molecular weight is 406 g/mol. The maximum atomic E-state index is 12.6. The number of alkyl halides is 3. The van der Waals surface area contributed by atoms with E-state index in [4.69, 9.17) is 20.8 Å². The summed E-state index contributed by atoms with van der Waals surface area (Å²) < 4.78 is 48.5. The summed E-state index contributed by atoms with van der Waals surface area (Å²) in [5.41, 5.74) is -0.108. The molecule has 7 nitrogen and oxygen atoms in total. The lowest BCUT2D eigenvalue weighted by molar-refractivity contribution is -0.137. The van der Waals surface area contributed by atoms with Crippen molar-refractivity contribution in [3.8, 4) is 5.88 Å². The van der Waals surface area contributed by atoms with Crippen LogP contribution in [0.4, 0.5) is 13.2 Å². The Labute approximate surface area is 159 Å². The molecule has 11 heteroatoms. The Kier molecular flexibility index (Phi) is 6.89. The first-order chi connectivity index (χ1) is 12.7. The monoisotopic (exact) mass is 405 g/mol. The van der Waals surface area contributed by atoms with E-state index in [0.29, 0.717) is 31.1 Å². The minimum absolute atomic E-state index is 0.0693. The number of rotatable bonds is 6. The van der Waals surface area contributed by atoms with Gasteiger partial charge >= 0.3 is 6.18 Å². The van der Waals surface area contributed by atoms with Gasteiger partial charge in [-0.05, 0) is 19.9 Å². The highest BCUT2D eigenvalue weighted by atomic mass is 35.5. The van der Waals surface area contributed by atoms with E-state index in [-0.39, 0.29) is 17.5 Å². The van der Waals surface area contributed by atoms with Crippen molar-refractivity contribution in [1.29, 1.82) is 0 Å². The number of halogens is 4. The molecule has 2 rings (SSSR count). The smallest absolute Gasteiger partial charge is 0.417 e. The van der Waals surface area contributed by atoms with Crippen LogP contribution >= 0.6 is 11.6 Å². The fourth-order valence-corrected chi connectivity index (χ4v) is 2.22. The van der Waals surface area contributed by atoms with Crippen LogP contribution in [0.3, 0.4) is 0 Å². The average Bonchev–Trinajstić information content (AvgIpc) is 2.92. The molecule has 2 N–H and O–H groups in total. The molecule has 0 radical (unpaired) electrons. The Morgan fingerprint density at radius 1 is 1.33 bits per heavy atom. The predicted molar refractivity (Wildman–Crippen MR) is 93.9 cm³/mol. The second-order valence-electron chi connectivity index (χ2n) is 5.46. The molecule has 0 bridgehead atoms. The molecule has 0 saturated carbocycles. The van der Waals surface area contributed by atoms with Crippen molar-refractivity contribution in [3.63, 3.8) is 0 Å². The highest BCUT2D eigenvalue weighted by Crippen LogP contribution is 2.32. The first-order valence-corrected chi connectivity index (χ1v) is 8.31. The third-order valence-electron chi connectivity index (χ3n) is 3.47. The number of pyridine rings is 1. The zero-order valence-corrected chi connectivity index (χ0v) is 15.7. The van der Waals surface area contributed by atoms with Crippen molar-refractivity contribution in [3.05, 3.63) is 40.2 Å². The van der Waals surface area contributed by atoms with Crippen LogP contribution in [0.2, 0.25) is 5.02 Å². The lowest BCUT2D eigenvalue weighted by atomic mass is 10.3. The van der Waals surface area contributed by atoms with E-state index < -0.39 is 11.7 Å². The predicted octanol–water partition coefficient (Wildman–Crippen LogP) is 3.10. The van der Waals surface area contributed by atoms with Gasteiger partial charge in [-0.2, -0.15) is 13.2 Å². The molecule has 2 heterocycles. The van der Waals surface area contributed by atoms with Crippen LogP contribution in [-0.2, 0) is 12.7 Å². The first kappa shape index (κ1) is 20.8. The number of aliphatic imine (C=N–C) groups is 1. The van der Waals surface area contributed by atoms with Crippen LogP contribution in [0.1, 0.15) is 22.9 Å². The van der Waals surface area contributed by atoms with Gasteiger partial charge in [0.25, 0.3) is 0 Å². The van der Waals surface area contributed by atoms with Crippen molar-refractivity contribution < 1.29 is 22.3 Å². The molecule has 0 spiro atoms. The zero-order chi connectivity index (χ0) is 20.0. The number of oxazole rings is 1. The number of ether oxygens (including phenoxy) is 1. The van der Waals surface area contributed by atoms with Gasteiger partial charge < -0.3 is 19.8 Å². The minimum atomic E-state index is -4.51. The normalized spacial score (nSPS) is 12.2. The summed E-state index contributed by atoms with van der Waals surface area (Å²) in [7, 11) is 1.59. The standard InChI is InChI=1S/C16H19ClF3N5O2/c1-9-10(2)27-13(25-9)8-24-15(21-3)22-4-5-26-14-12(17)6-11(7-23-14)16(18,19)20/h6-7H,4-5,8H2,1-3H3,(H2,21,22,24). The Bertz CT molecular complexity index is 788. The minimum Gasteiger partial charge on any atom is -0.475 e. The van der Waals surface area contributed by atoms with Crippen molar-refractivity contribution in [2.45, 2.75) is 26.6 Å². The molecule has 0 aliphatic rings. The largest absolute Gasteiger partial charge is 0.475 e. The van der Waals surface area contributed by atoms with Crippen LogP contribution < -0.4 is 15.4 Å². The van der Waals surface area contributed by atoms with Crippen molar-refractivity contribution in [1.82, 2.24) is 20.6 Å². The van der Waals surface area contributed by atoms with Gasteiger partial charge in [0.15, 0.2) is 5.96 Å². The molecule has 0 atom stereocenters. The van der Waals surface area contributed by atoms with Gasteiger partial charge in [0.2, 0.25) is 11.8 Å². The summed E-state index contributed by atoms with van der Waals surface area (Å²) in [5, 5.41) is 5.79. The Balaban J connectivity index is 1.78. The summed E-state index contributed by atoms with van der Waals surface area (Å²) in [6.45, 7) is 4.48. The van der Waals surface area contributed by atoms with Gasteiger partial charge in [-0.3, -0.25) is 4.99 Å². The Morgan fingerprint density at radius 3 is 2.63 bits per heavy atom. The molecule has 27 heavy (non-hydrogen) atoms. The fraction of sp³-hybridized carbons (Fsp3) is 0.438. The topological polar surface area (TPSA) is 84.6 Å². The maximum Gasteiger partial charge on any atom is 0.417 e. The first-order valence-electron chi connectivity index (χ1n) is 7.93. The van der Waals surface area contributed by atoms with Gasteiger partial charge in [0, 0.05) is 13.2 Å². The van der Waals surface area contributed by atoms with E-state index in [0.717, 1.165) is 17.5 Å². The summed E-state index contributed by atoms with van der Waals surface area (Å²) in [5.74, 6) is 1.70. The van der Waals surface area contributed by atoms with Crippen molar-refractivity contribution in [2.75, 3.05) is 20.2 Å². The van der Waals surface area contributed by atoms with Crippen LogP contribution in [0, 0.1) is 13.8 Å². The van der Waals surface area contributed by atoms with E-state index in [1.165, 1.54) is 0 Å². The zero-order valence-electron chi connectivity index (χ0n) is 14.9. The molecule has 2 aromatic heterocycles. The number of nitrogens with zero attached hydrogens (tertiary/aromatic N) is 3. The highest BCUT2D eigenvalue weighted by molar-refractivity contribution is 6.31. The molecule has 148 valence electrons. The fourth-order valence-electron chi connectivity index (χ4n) is 2.00. The van der Waals surface area contributed by atoms with Gasteiger partial charge in [-0.15, -0.1) is 0 Å². The molecular formula is C16H19ClF3N5O2. The lowest BCUT2D eigenvalue weighted by Crippen LogP contribution is -2.39. The van der Waals surface area contributed by atoms with E-state index in [1.54, 1.807) is 7.05 Å². The summed E-state index contributed by atoms with van der Waals surface area (Å²) in [6, 6.07) is 0.776. The molecular weight excluding hydrogens is 387 g/mol. The molecule has 0 unspecified atom stereocenters. The number of nitrogens with one attached hydrogen (secondary N) is 2. The Morgan fingerprint density at radius 2 is 2.07 bits per heavy atom. The third kappa shape index (κ3) is 6.02. The van der Waals surface area contributed by atoms with Crippen LogP contribution in [0.25, 0.3) is 0 Å². The van der Waals surface area contributed by atoms with E-state index >= 15 is 0 Å². The Hall–Kier alpha value is -2.49. The van der Waals surface area contributed by atoms with E-state index in [1.807, 2.05) is 13.8 Å². The van der Waals surface area contributed by atoms with Crippen LogP contribution in [-0.4, -0.2) is 36.1 Å². The number of guanidine groups is 1. The molecule has 0 saturated heterocycles. The summed E-state index contributed by atoms with van der Waals surface area (Å²) in [6.07, 6.45) is -3.83. The lowest BCUT2D eigenvalue weighted by Gasteiger charge is -2.12. The second kappa shape index (κ2) is 8.94. The van der Waals surface area contributed by atoms with Crippen molar-refractivity contribution in [2.24, 2.45) is 4.99 Å². The molecule has 0 aliphatic carbocycles. The van der Waals surface area contributed by atoms with Crippen LogP contribution in [0.5, 0.6) is 5.88 Å². The number of aryl methyl sites for hydroxylation is 2. The highest BCUT2D eigenvalue weighted by Gasteiger charge is 2.31. The third-order valence-corrected chi connectivity index (χ3v) is 3.74. The molecule has 0 aromatic carbocycles. The van der Waals surface area contributed by atoms with Gasteiger partial charge in [-0.25, -0.2) is 9.97 Å².